The molecular weight excluding hydrogens is 403 g/mol. The second kappa shape index (κ2) is 8.71. The van der Waals surface area contributed by atoms with Gasteiger partial charge in [-0.2, -0.15) is 4.98 Å². The van der Waals surface area contributed by atoms with E-state index in [2.05, 4.69) is 15.4 Å². The van der Waals surface area contributed by atoms with Crippen molar-refractivity contribution < 1.29 is 13.9 Å². The Labute approximate surface area is 178 Å². The minimum Gasteiger partial charge on any atom is -0.463 e. The molecule has 1 aromatic heterocycles. The van der Waals surface area contributed by atoms with Crippen LogP contribution in [0.3, 0.4) is 0 Å². The Kier molecular flexibility index (Phi) is 5.85. The summed E-state index contributed by atoms with van der Waals surface area (Å²) in [5.41, 5.74) is 2.97. The minimum absolute atomic E-state index is 0.258. The lowest BCUT2D eigenvalue weighted by Crippen LogP contribution is -2.29. The maximum Gasteiger partial charge on any atom is 0.338 e. The van der Waals surface area contributed by atoms with Crippen molar-refractivity contribution in [2.24, 2.45) is 0 Å². The molecule has 2 heterocycles. The van der Waals surface area contributed by atoms with Crippen LogP contribution in [0.1, 0.15) is 31.0 Å². The fourth-order valence-electron chi connectivity index (χ4n) is 3.34. The first-order valence-corrected chi connectivity index (χ1v) is 10.6. The number of benzene rings is 2. The number of nitrogens with zero attached hydrogens (tertiary/aromatic N) is 3. The van der Waals surface area contributed by atoms with Gasteiger partial charge in [0.2, 0.25) is 11.1 Å². The Hall–Kier alpha value is -3.13. The second-order valence-corrected chi connectivity index (χ2v) is 7.72. The third kappa shape index (κ3) is 4.09. The van der Waals surface area contributed by atoms with Crippen molar-refractivity contribution in [1.82, 2.24) is 14.8 Å². The zero-order valence-corrected chi connectivity index (χ0v) is 17.4. The maximum absolute atomic E-state index is 13.5. The number of fused-ring (bicyclic) bond motifs is 1. The molecule has 0 aliphatic carbocycles. The van der Waals surface area contributed by atoms with E-state index in [0.717, 1.165) is 11.3 Å². The van der Waals surface area contributed by atoms with Crippen LogP contribution in [0, 0.1) is 5.82 Å². The summed E-state index contributed by atoms with van der Waals surface area (Å²) in [6.45, 7) is 3.82. The number of thioether (sulfide) groups is 1. The van der Waals surface area contributed by atoms with Crippen molar-refractivity contribution in [3.05, 3.63) is 82.8 Å². The summed E-state index contributed by atoms with van der Waals surface area (Å²) in [7, 11) is 0. The Balaban J connectivity index is 1.70. The van der Waals surface area contributed by atoms with E-state index < -0.39 is 12.0 Å². The van der Waals surface area contributed by atoms with Gasteiger partial charge < -0.3 is 10.1 Å². The van der Waals surface area contributed by atoms with E-state index in [1.165, 1.54) is 29.5 Å². The van der Waals surface area contributed by atoms with Crippen LogP contribution in [0.15, 0.2) is 71.0 Å². The van der Waals surface area contributed by atoms with Crippen molar-refractivity contribution in [2.45, 2.75) is 30.8 Å². The van der Waals surface area contributed by atoms with E-state index in [0.29, 0.717) is 22.4 Å². The molecular formula is C22H21FN4O2S. The van der Waals surface area contributed by atoms with Gasteiger partial charge >= 0.3 is 5.97 Å². The molecule has 3 aromatic rings. The molecule has 0 saturated heterocycles. The lowest BCUT2D eigenvalue weighted by Gasteiger charge is -2.28. The minimum atomic E-state index is -0.556. The zero-order chi connectivity index (χ0) is 21.1. The van der Waals surface area contributed by atoms with Gasteiger partial charge in [0.1, 0.15) is 11.9 Å². The predicted octanol–water partition coefficient (Wildman–Crippen LogP) is 4.56. The van der Waals surface area contributed by atoms with Crippen LogP contribution in [-0.2, 0) is 15.3 Å². The highest BCUT2D eigenvalue weighted by atomic mass is 32.2. The number of aromatic nitrogens is 3. The number of halogens is 1. The molecule has 0 bridgehead atoms. The Bertz CT molecular complexity index is 1080. The largest absolute Gasteiger partial charge is 0.463 e. The summed E-state index contributed by atoms with van der Waals surface area (Å²) >= 11 is 1.51. The van der Waals surface area contributed by atoms with Gasteiger partial charge in [-0.15, -0.1) is 5.10 Å². The first-order valence-electron chi connectivity index (χ1n) is 9.60. The van der Waals surface area contributed by atoms with Crippen LogP contribution in [0.4, 0.5) is 10.3 Å². The highest BCUT2D eigenvalue weighted by molar-refractivity contribution is 7.98. The molecule has 0 amide bonds. The number of ether oxygens (including phenoxy) is 1. The van der Waals surface area contributed by atoms with Gasteiger partial charge in [0.25, 0.3) is 0 Å². The van der Waals surface area contributed by atoms with Crippen molar-refractivity contribution in [3.63, 3.8) is 0 Å². The van der Waals surface area contributed by atoms with E-state index in [-0.39, 0.29) is 12.4 Å². The molecule has 0 saturated carbocycles. The molecule has 2 aromatic carbocycles. The Morgan fingerprint density at radius 2 is 1.93 bits per heavy atom. The van der Waals surface area contributed by atoms with Crippen LogP contribution in [0.25, 0.3) is 0 Å². The number of anilines is 1. The fraction of sp³-hybridized carbons (Fsp3) is 0.227. The second-order valence-electron chi connectivity index (χ2n) is 6.78. The van der Waals surface area contributed by atoms with Gasteiger partial charge in [-0.05, 0) is 37.1 Å². The standard InChI is InChI=1S/C22H21FN4O2S/c1-3-29-20(28)18-14(2)24-21-25-22(30-13-15-7-5-4-6-8-15)26-27(21)19(18)16-9-11-17(23)12-10-16/h4-12,19H,3,13H2,1-2H3,(H,24,25,26). The Morgan fingerprint density at radius 3 is 2.63 bits per heavy atom. The molecule has 4 rings (SSSR count). The average molecular weight is 425 g/mol. The first-order chi connectivity index (χ1) is 14.6. The zero-order valence-electron chi connectivity index (χ0n) is 16.6. The number of allylic oxidation sites excluding steroid dienone is 1. The number of rotatable bonds is 6. The van der Waals surface area contributed by atoms with Crippen molar-refractivity contribution in [3.8, 4) is 0 Å². The first kappa shape index (κ1) is 20.2. The highest BCUT2D eigenvalue weighted by Crippen LogP contribution is 2.37. The quantitative estimate of drug-likeness (QED) is 0.462. The summed E-state index contributed by atoms with van der Waals surface area (Å²) in [5, 5.41) is 8.39. The lowest BCUT2D eigenvalue weighted by atomic mass is 9.96. The van der Waals surface area contributed by atoms with Crippen LogP contribution >= 0.6 is 11.8 Å². The predicted molar refractivity (Wildman–Crippen MR) is 114 cm³/mol. The van der Waals surface area contributed by atoms with Gasteiger partial charge in [-0.3, -0.25) is 0 Å². The number of esters is 1. The van der Waals surface area contributed by atoms with Crippen molar-refractivity contribution in [1.29, 1.82) is 0 Å². The fourth-order valence-corrected chi connectivity index (χ4v) is 4.13. The summed E-state index contributed by atoms with van der Waals surface area (Å²) in [5.74, 6) is 0.480. The molecule has 30 heavy (non-hydrogen) atoms. The van der Waals surface area contributed by atoms with E-state index in [1.54, 1.807) is 30.7 Å². The lowest BCUT2D eigenvalue weighted by molar-refractivity contribution is -0.139. The van der Waals surface area contributed by atoms with Crippen molar-refractivity contribution >= 4 is 23.7 Å². The number of carbonyl (C=O) groups excluding carboxylic acids is 1. The number of hydrogen-bond donors (Lipinski definition) is 1. The van der Waals surface area contributed by atoms with Gasteiger partial charge in [0, 0.05) is 11.4 Å². The van der Waals surface area contributed by atoms with Crippen LogP contribution in [0.2, 0.25) is 0 Å². The SMILES string of the molecule is CCOC(=O)C1=C(C)Nc2nc(SCc3ccccc3)nn2C1c1ccc(F)cc1. The summed E-state index contributed by atoms with van der Waals surface area (Å²) in [6, 6.07) is 15.6. The van der Waals surface area contributed by atoms with Crippen molar-refractivity contribution in [2.75, 3.05) is 11.9 Å². The topological polar surface area (TPSA) is 69.0 Å². The van der Waals surface area contributed by atoms with Gasteiger partial charge in [-0.1, -0.05) is 54.2 Å². The number of hydrogen-bond acceptors (Lipinski definition) is 6. The summed E-state index contributed by atoms with van der Waals surface area (Å²) in [6.07, 6.45) is 0. The van der Waals surface area contributed by atoms with Gasteiger partial charge in [0.15, 0.2) is 0 Å². The average Bonchev–Trinajstić information content (AvgIpc) is 3.15. The number of nitrogens with one attached hydrogen (secondary N) is 1. The molecule has 1 unspecified atom stereocenters. The van der Waals surface area contributed by atoms with E-state index in [9.17, 15) is 9.18 Å². The van der Waals surface area contributed by atoms with Crippen LogP contribution in [0.5, 0.6) is 0 Å². The monoisotopic (exact) mass is 424 g/mol. The Morgan fingerprint density at radius 1 is 1.20 bits per heavy atom. The molecule has 154 valence electrons. The normalized spacial score (nSPS) is 15.5. The number of carbonyl (C=O) groups is 1. The molecule has 8 heteroatoms. The molecule has 1 N–H and O–H groups in total. The van der Waals surface area contributed by atoms with Crippen LogP contribution < -0.4 is 5.32 Å². The van der Waals surface area contributed by atoms with E-state index >= 15 is 0 Å². The van der Waals surface area contributed by atoms with Crippen LogP contribution in [-0.4, -0.2) is 27.3 Å². The molecule has 0 radical (unpaired) electrons. The van der Waals surface area contributed by atoms with Gasteiger partial charge in [0.05, 0.1) is 12.2 Å². The molecule has 1 atom stereocenters. The highest BCUT2D eigenvalue weighted by Gasteiger charge is 2.35. The third-order valence-corrected chi connectivity index (χ3v) is 5.63. The molecule has 1 aliphatic heterocycles. The summed E-state index contributed by atoms with van der Waals surface area (Å²) < 4.78 is 20.5. The van der Waals surface area contributed by atoms with E-state index in [4.69, 9.17) is 4.74 Å². The smallest absolute Gasteiger partial charge is 0.338 e. The summed E-state index contributed by atoms with van der Waals surface area (Å²) in [4.78, 5) is 17.3. The molecule has 0 fully saturated rings. The molecule has 6 nitrogen and oxygen atoms in total. The third-order valence-electron chi connectivity index (χ3n) is 4.72. The van der Waals surface area contributed by atoms with E-state index in [1.807, 2.05) is 30.3 Å². The molecule has 1 aliphatic rings. The maximum atomic E-state index is 13.5. The van der Waals surface area contributed by atoms with Gasteiger partial charge in [-0.25, -0.2) is 13.9 Å². The molecule has 0 spiro atoms.